The highest BCUT2D eigenvalue weighted by Gasteiger charge is 2.28. The van der Waals surface area contributed by atoms with E-state index in [1.165, 1.54) is 14.6 Å². The molecule has 1 N–H and O–H groups in total. The highest BCUT2D eigenvalue weighted by atomic mass is 32.1. The van der Waals surface area contributed by atoms with Crippen molar-refractivity contribution in [2.24, 2.45) is 0 Å². The number of benzene rings is 1. The standard InChI is InChI=1S/C24H31N3O2S/c1-16-13-20(18(3)27(16)17(2)15-29-4)22(28)14-26-11-9-19(10-12-26)24-25-21-7-5-6-8-23(21)30-24/h5-8,13,17,19H,9-12,14-15H2,1-4H3/p+1/t17-/m0/s1. The molecule has 4 rings (SSSR count). The molecule has 6 heteroatoms. The maximum absolute atomic E-state index is 13.1. The van der Waals surface area contributed by atoms with Crippen molar-refractivity contribution in [3.8, 4) is 0 Å². The molecule has 0 aliphatic carbocycles. The molecule has 3 aromatic rings. The quantitative estimate of drug-likeness (QED) is 0.588. The van der Waals surface area contributed by atoms with E-state index in [9.17, 15) is 4.79 Å². The number of nitrogens with zero attached hydrogens (tertiary/aromatic N) is 2. The van der Waals surface area contributed by atoms with Crippen LogP contribution < -0.4 is 4.90 Å². The van der Waals surface area contributed by atoms with Gasteiger partial charge in [-0.25, -0.2) is 4.98 Å². The topological polar surface area (TPSA) is 48.6 Å². The number of hydrogen-bond donors (Lipinski definition) is 1. The summed E-state index contributed by atoms with van der Waals surface area (Å²) >= 11 is 1.83. The fourth-order valence-corrected chi connectivity index (χ4v) is 6.03. The summed E-state index contributed by atoms with van der Waals surface area (Å²) in [5.74, 6) is 0.786. The van der Waals surface area contributed by atoms with Crippen LogP contribution in [0.25, 0.3) is 10.2 Å². The summed E-state index contributed by atoms with van der Waals surface area (Å²) in [6.45, 7) is 9.56. The van der Waals surface area contributed by atoms with Crippen molar-refractivity contribution in [1.29, 1.82) is 0 Å². The number of rotatable bonds is 7. The number of fused-ring (bicyclic) bond motifs is 1. The van der Waals surface area contributed by atoms with Gasteiger partial charge in [-0.15, -0.1) is 11.3 Å². The number of aryl methyl sites for hydroxylation is 1. The Labute approximate surface area is 182 Å². The number of likely N-dealkylation sites (tertiary alicyclic amines) is 1. The minimum Gasteiger partial charge on any atom is -0.383 e. The smallest absolute Gasteiger partial charge is 0.218 e. The number of methoxy groups -OCH3 is 1. The van der Waals surface area contributed by atoms with Crippen molar-refractivity contribution in [3.05, 3.63) is 52.3 Å². The first-order valence-electron chi connectivity index (χ1n) is 10.9. The van der Waals surface area contributed by atoms with Gasteiger partial charge in [-0.05, 0) is 39.0 Å². The van der Waals surface area contributed by atoms with E-state index >= 15 is 0 Å². The van der Waals surface area contributed by atoms with E-state index in [0.29, 0.717) is 19.1 Å². The lowest BCUT2D eigenvalue weighted by Gasteiger charge is -2.27. The van der Waals surface area contributed by atoms with Gasteiger partial charge in [0.1, 0.15) is 6.54 Å². The third-order valence-electron chi connectivity index (χ3n) is 6.40. The SMILES string of the molecule is COC[C@H](C)n1c(C)cc(C(=O)C[NH+]2CCC(c3nc4ccccc4s3)CC2)c1C. The van der Waals surface area contributed by atoms with E-state index in [1.807, 2.05) is 11.3 Å². The van der Waals surface area contributed by atoms with Crippen LogP contribution in [0.5, 0.6) is 0 Å². The maximum Gasteiger partial charge on any atom is 0.218 e. The second-order valence-electron chi connectivity index (χ2n) is 8.60. The first kappa shape index (κ1) is 21.2. The van der Waals surface area contributed by atoms with E-state index in [4.69, 9.17) is 9.72 Å². The molecule has 1 fully saturated rings. The number of piperidine rings is 1. The van der Waals surface area contributed by atoms with Crippen molar-refractivity contribution in [2.45, 2.75) is 45.6 Å². The van der Waals surface area contributed by atoms with Gasteiger partial charge in [0.15, 0.2) is 0 Å². The number of ether oxygens (including phenoxy) is 1. The van der Waals surface area contributed by atoms with Crippen molar-refractivity contribution >= 4 is 27.3 Å². The van der Waals surface area contributed by atoms with Crippen LogP contribution in [0.1, 0.15) is 58.5 Å². The average Bonchev–Trinajstić information content (AvgIpc) is 3.29. The van der Waals surface area contributed by atoms with Crippen molar-refractivity contribution in [2.75, 3.05) is 33.4 Å². The van der Waals surface area contributed by atoms with Gasteiger partial charge in [0.2, 0.25) is 5.78 Å². The Morgan fingerprint density at radius 3 is 2.73 bits per heavy atom. The summed E-state index contributed by atoms with van der Waals surface area (Å²) in [6.07, 6.45) is 2.21. The molecule has 2 aromatic heterocycles. The molecule has 1 aromatic carbocycles. The Morgan fingerprint density at radius 1 is 1.30 bits per heavy atom. The lowest BCUT2D eigenvalue weighted by Crippen LogP contribution is -3.13. The predicted octanol–water partition coefficient (Wildman–Crippen LogP) is 3.57. The number of aromatic nitrogens is 2. The van der Waals surface area contributed by atoms with Crippen LogP contribution >= 0.6 is 11.3 Å². The average molecular weight is 427 g/mol. The molecule has 1 atom stereocenters. The zero-order valence-corrected chi connectivity index (χ0v) is 19.2. The van der Waals surface area contributed by atoms with E-state index in [2.05, 4.69) is 55.7 Å². The molecule has 1 saturated heterocycles. The van der Waals surface area contributed by atoms with Gasteiger partial charge in [-0.1, -0.05) is 12.1 Å². The summed E-state index contributed by atoms with van der Waals surface area (Å²) < 4.78 is 8.81. The fraction of sp³-hybridized carbons (Fsp3) is 0.500. The predicted molar refractivity (Wildman–Crippen MR) is 122 cm³/mol. The maximum atomic E-state index is 13.1. The third kappa shape index (κ3) is 4.22. The summed E-state index contributed by atoms with van der Waals surface area (Å²) in [7, 11) is 1.72. The highest BCUT2D eigenvalue weighted by molar-refractivity contribution is 7.18. The molecular formula is C24H32N3O2S+. The molecule has 5 nitrogen and oxygen atoms in total. The summed E-state index contributed by atoms with van der Waals surface area (Å²) in [5, 5.41) is 1.26. The van der Waals surface area contributed by atoms with Gasteiger partial charge < -0.3 is 14.2 Å². The normalized spacial score (nSPS) is 20.5. The van der Waals surface area contributed by atoms with Gasteiger partial charge in [0.25, 0.3) is 0 Å². The molecule has 0 unspecified atom stereocenters. The largest absolute Gasteiger partial charge is 0.383 e. The lowest BCUT2D eigenvalue weighted by molar-refractivity contribution is -0.896. The molecule has 1 aliphatic heterocycles. The zero-order valence-electron chi connectivity index (χ0n) is 18.4. The molecule has 0 spiro atoms. The highest BCUT2D eigenvalue weighted by Crippen LogP contribution is 2.31. The Balaban J connectivity index is 1.38. The second-order valence-corrected chi connectivity index (χ2v) is 9.67. The number of Topliss-reactive ketones (excluding diaryl/α,β-unsaturated/α-hetero) is 1. The Morgan fingerprint density at radius 2 is 2.03 bits per heavy atom. The summed E-state index contributed by atoms with van der Waals surface area (Å²) in [5.41, 5.74) is 4.17. The molecule has 160 valence electrons. The number of thiazole rings is 1. The minimum atomic E-state index is 0.230. The first-order chi connectivity index (χ1) is 14.5. The van der Waals surface area contributed by atoms with Gasteiger partial charge in [-0.2, -0.15) is 0 Å². The van der Waals surface area contributed by atoms with Crippen LogP contribution in [-0.2, 0) is 4.74 Å². The van der Waals surface area contributed by atoms with E-state index in [-0.39, 0.29) is 11.8 Å². The van der Waals surface area contributed by atoms with Crippen LogP contribution in [0.15, 0.2) is 30.3 Å². The zero-order chi connectivity index (χ0) is 21.3. The lowest BCUT2D eigenvalue weighted by atomic mass is 9.97. The number of carbonyl (C=O) groups excluding carboxylic acids is 1. The molecule has 3 heterocycles. The van der Waals surface area contributed by atoms with Crippen LogP contribution in [-0.4, -0.2) is 48.7 Å². The number of quaternary nitrogens is 1. The molecule has 0 saturated carbocycles. The van der Waals surface area contributed by atoms with E-state index in [1.54, 1.807) is 7.11 Å². The van der Waals surface area contributed by atoms with Crippen LogP contribution in [0.3, 0.4) is 0 Å². The molecular weight excluding hydrogens is 394 g/mol. The third-order valence-corrected chi connectivity index (χ3v) is 7.60. The van der Waals surface area contributed by atoms with Crippen molar-refractivity contribution in [3.63, 3.8) is 0 Å². The fourth-order valence-electron chi connectivity index (χ4n) is 4.89. The van der Waals surface area contributed by atoms with Gasteiger partial charge in [-0.3, -0.25) is 4.79 Å². The Hall–Kier alpha value is -2.02. The first-order valence-corrected chi connectivity index (χ1v) is 11.7. The molecule has 0 bridgehead atoms. The van der Waals surface area contributed by atoms with Gasteiger partial charge >= 0.3 is 0 Å². The van der Waals surface area contributed by atoms with E-state index < -0.39 is 0 Å². The van der Waals surface area contributed by atoms with Crippen LogP contribution in [0.2, 0.25) is 0 Å². The number of para-hydroxylation sites is 1. The number of ketones is 1. The Kier molecular flexibility index (Phi) is 6.37. The summed E-state index contributed by atoms with van der Waals surface area (Å²) in [6, 6.07) is 10.7. The number of nitrogens with one attached hydrogen (secondary N) is 1. The Bertz CT molecular complexity index is 997. The molecule has 30 heavy (non-hydrogen) atoms. The molecule has 0 radical (unpaired) electrons. The monoisotopic (exact) mass is 426 g/mol. The molecule has 0 amide bonds. The summed E-state index contributed by atoms with van der Waals surface area (Å²) in [4.78, 5) is 19.3. The van der Waals surface area contributed by atoms with Crippen molar-refractivity contribution < 1.29 is 14.4 Å². The number of hydrogen-bond acceptors (Lipinski definition) is 4. The van der Waals surface area contributed by atoms with Gasteiger partial charge in [0.05, 0.1) is 41.0 Å². The van der Waals surface area contributed by atoms with Crippen molar-refractivity contribution in [1.82, 2.24) is 9.55 Å². The number of carbonyl (C=O) groups is 1. The molecule has 1 aliphatic rings. The van der Waals surface area contributed by atoms with Crippen LogP contribution in [0.4, 0.5) is 0 Å². The minimum absolute atomic E-state index is 0.230. The van der Waals surface area contributed by atoms with E-state index in [0.717, 1.165) is 48.4 Å². The van der Waals surface area contributed by atoms with Crippen LogP contribution in [0, 0.1) is 13.8 Å². The second kappa shape index (κ2) is 9.00. The van der Waals surface area contributed by atoms with Gasteiger partial charge in [0, 0.05) is 42.8 Å².